The van der Waals surface area contributed by atoms with Gasteiger partial charge in [-0.1, -0.05) is 0 Å². The Hall–Kier alpha value is -0.990. The average molecular weight is 375 g/mol. The minimum absolute atomic E-state index is 0. The summed E-state index contributed by atoms with van der Waals surface area (Å²) in [5.41, 5.74) is 4.51. The smallest absolute Gasteiger partial charge is 1.00 e. The number of aryl methyl sites for hydroxylation is 2. The van der Waals surface area contributed by atoms with Gasteiger partial charge in [0.1, 0.15) is 0 Å². The largest absolute Gasteiger partial charge is 1.00 e. The first kappa shape index (κ1) is 20.1. The Morgan fingerprint density at radius 2 is 2.04 bits per heavy atom. The molecule has 0 atom stereocenters. The Labute approximate surface area is 141 Å². The van der Waals surface area contributed by atoms with Gasteiger partial charge in [-0.2, -0.15) is 0 Å². The molecule has 1 aromatic heterocycles. The molecule has 0 radical (unpaired) electrons. The van der Waals surface area contributed by atoms with Crippen LogP contribution in [0, 0.1) is 5.63 Å². The van der Waals surface area contributed by atoms with Gasteiger partial charge in [-0.3, -0.25) is 0 Å². The number of hydrogen-bond donors (Lipinski definition) is 2. The van der Waals surface area contributed by atoms with Gasteiger partial charge in [0.15, 0.2) is 0 Å². The number of rotatable bonds is 6. The van der Waals surface area contributed by atoms with Crippen molar-refractivity contribution in [2.45, 2.75) is 25.8 Å². The molecule has 0 spiro atoms. The predicted molar refractivity (Wildman–Crippen MR) is 83.3 cm³/mol. The monoisotopic (exact) mass is 374 g/mol. The summed E-state index contributed by atoms with van der Waals surface area (Å²) in [6, 6.07) is 7.66. The third kappa shape index (κ3) is 6.56. The van der Waals surface area contributed by atoms with Gasteiger partial charge in [-0.05, 0) is 0 Å². The molecule has 124 valence electrons. The molecule has 0 unspecified atom stereocenters. The van der Waals surface area contributed by atoms with E-state index in [9.17, 15) is 9.13 Å². The Bertz CT molecular complexity index is 820. The van der Waals surface area contributed by atoms with Gasteiger partial charge in [-0.15, -0.1) is 0 Å². The Kier molecular flexibility index (Phi) is 8.15. The maximum atomic E-state index is 11.0. The van der Waals surface area contributed by atoms with E-state index >= 15 is 0 Å². The Balaban J connectivity index is 0.00000264. The molecular weight excluding hydrogens is 358 g/mol. The van der Waals surface area contributed by atoms with Crippen molar-refractivity contribution in [1.29, 1.82) is 0 Å². The number of halogens is 1. The second-order valence-electron chi connectivity index (χ2n) is 4.93. The van der Waals surface area contributed by atoms with Crippen molar-refractivity contribution in [1.82, 2.24) is 5.10 Å². The minimum atomic E-state index is -3.96. The van der Waals surface area contributed by atoms with Gasteiger partial charge in [-0.25, -0.2) is 0 Å². The number of hydrogen-bond acceptors (Lipinski definition) is 3. The zero-order chi connectivity index (χ0) is 16.0. The van der Waals surface area contributed by atoms with Gasteiger partial charge >= 0.3 is 129 Å². The van der Waals surface area contributed by atoms with Crippen LogP contribution in [0.3, 0.4) is 0 Å². The number of fused-ring (bicyclic) bond motifs is 1. The maximum absolute atomic E-state index is 11.0. The van der Waals surface area contributed by atoms with Crippen LogP contribution < -0.4 is 17.1 Å². The summed E-state index contributed by atoms with van der Waals surface area (Å²) in [5, 5.41) is 5.47. The molecule has 0 bridgehead atoms. The molecule has 0 aliphatic rings. The van der Waals surface area contributed by atoms with Crippen LogP contribution in [-0.2, 0) is 22.1 Å². The van der Waals surface area contributed by atoms with Crippen molar-refractivity contribution in [2.24, 2.45) is 0 Å². The van der Waals surface area contributed by atoms with Crippen LogP contribution in [-0.4, -0.2) is 21.0 Å². The molecule has 9 heteroatoms. The minimum Gasteiger partial charge on any atom is -1.00 e. The first-order valence-electron chi connectivity index (χ1n) is 6.88. The second-order valence-corrected chi connectivity index (χ2v) is 7.20. The van der Waals surface area contributed by atoms with Crippen LogP contribution in [0.4, 0.5) is 0 Å². The van der Waals surface area contributed by atoms with Crippen molar-refractivity contribution in [3.63, 3.8) is 0 Å². The van der Waals surface area contributed by atoms with E-state index in [0.717, 1.165) is 16.5 Å². The first-order valence-corrected chi connectivity index (χ1v) is 9.49. The first-order chi connectivity index (χ1) is 10.5. The summed E-state index contributed by atoms with van der Waals surface area (Å²) >= 11 is 0. The van der Waals surface area contributed by atoms with Crippen molar-refractivity contribution < 1.29 is 36.0 Å². The van der Waals surface area contributed by atoms with E-state index in [-0.39, 0.29) is 26.5 Å². The maximum Gasteiger partial charge on any atom is -1.00 e. The standard InChI is InChI=1S/C14H16N2O4P2.ClH/c17-21-9-4-8-16-11-12(5-3-10-22(18,19)20)13-6-1-2-7-14(13)15-16;/h1-2,6-7,11H,3-5,8,10H2,(H-,18,19,20);1H. The fourth-order valence-corrected chi connectivity index (χ4v) is 3.01. The van der Waals surface area contributed by atoms with Crippen molar-refractivity contribution in [3.05, 3.63) is 36.0 Å². The molecule has 2 aromatic rings. The summed E-state index contributed by atoms with van der Waals surface area (Å²) in [4.78, 5) is 17.9. The topological polar surface area (TPSA) is 91.4 Å². The molecule has 23 heavy (non-hydrogen) atoms. The molecule has 0 aliphatic carbocycles. The van der Waals surface area contributed by atoms with Crippen molar-refractivity contribution >= 4 is 26.4 Å². The predicted octanol–water partition coefficient (Wildman–Crippen LogP) is -0.722. The van der Waals surface area contributed by atoms with E-state index in [1.807, 2.05) is 30.5 Å². The summed E-state index contributed by atoms with van der Waals surface area (Å²) in [6.07, 6.45) is 3.26. The van der Waals surface area contributed by atoms with E-state index in [1.165, 1.54) is 0 Å². The fourth-order valence-electron chi connectivity index (χ4n) is 2.25. The fraction of sp³-hybridized carbons (Fsp3) is 0.357. The average Bonchev–Trinajstić information content (AvgIpc) is 2.46. The van der Waals surface area contributed by atoms with E-state index in [2.05, 4.69) is 10.7 Å². The zero-order valence-electron chi connectivity index (χ0n) is 12.3. The third-order valence-corrected chi connectivity index (χ3v) is 4.46. The molecule has 6 nitrogen and oxygen atoms in total. The zero-order valence-corrected chi connectivity index (χ0v) is 14.8. The molecule has 0 saturated carbocycles. The summed E-state index contributed by atoms with van der Waals surface area (Å²) in [6.45, 7) is 0.561. The van der Waals surface area contributed by atoms with Gasteiger partial charge in [0, 0.05) is 0 Å². The van der Waals surface area contributed by atoms with Gasteiger partial charge in [0.25, 0.3) is 0 Å². The number of aromatic nitrogens is 2. The normalized spacial score (nSPS) is 10.9. The van der Waals surface area contributed by atoms with Crippen LogP contribution in [0.25, 0.3) is 10.9 Å². The van der Waals surface area contributed by atoms with E-state index < -0.39 is 7.60 Å². The molecule has 1 heterocycles. The van der Waals surface area contributed by atoms with Crippen molar-refractivity contribution in [2.75, 3.05) is 6.16 Å². The van der Waals surface area contributed by atoms with Gasteiger partial charge in [0.2, 0.25) is 0 Å². The van der Waals surface area contributed by atoms with Crippen LogP contribution in [0.15, 0.2) is 30.5 Å². The van der Waals surface area contributed by atoms with Crippen LogP contribution in [0.2, 0.25) is 0 Å². The van der Waals surface area contributed by atoms with Crippen LogP contribution >= 0.6 is 15.5 Å². The molecule has 0 amide bonds. The molecule has 2 rings (SSSR count). The Morgan fingerprint density at radius 1 is 1.30 bits per heavy atom. The molecule has 0 saturated heterocycles. The van der Waals surface area contributed by atoms with E-state index in [0.29, 0.717) is 25.8 Å². The van der Waals surface area contributed by atoms with Crippen LogP contribution in [0.5, 0.6) is 0 Å². The van der Waals surface area contributed by atoms with Crippen molar-refractivity contribution in [3.8, 4) is 5.63 Å². The van der Waals surface area contributed by atoms with Gasteiger partial charge < -0.3 is 12.4 Å². The number of nitrogens with zero attached hydrogens (tertiary/aromatic N) is 2. The summed E-state index contributed by atoms with van der Waals surface area (Å²) < 4.78 is 23.1. The van der Waals surface area contributed by atoms with E-state index in [4.69, 9.17) is 9.79 Å². The SMILES string of the molecule is O=P#CCC[n+]1cc(CCCP(=O)(O)O)c2ccccc2n1.[Cl-]. The van der Waals surface area contributed by atoms with Gasteiger partial charge in [0.05, 0.1) is 0 Å². The Morgan fingerprint density at radius 3 is 2.74 bits per heavy atom. The molecule has 0 fully saturated rings. The third-order valence-electron chi connectivity index (χ3n) is 3.20. The molecular formula is C14H17ClN2O4P2. The summed E-state index contributed by atoms with van der Waals surface area (Å²) in [5.74, 6) is 0. The molecule has 1 aromatic carbocycles. The quantitative estimate of drug-likeness (QED) is 0.514. The summed E-state index contributed by atoms with van der Waals surface area (Å²) in [7, 11) is -4.08. The molecule has 0 aliphatic heterocycles. The molecule has 2 N–H and O–H groups in total. The van der Waals surface area contributed by atoms with Crippen LogP contribution in [0.1, 0.15) is 18.4 Å². The van der Waals surface area contributed by atoms with E-state index in [1.54, 1.807) is 4.68 Å². The number of benzene rings is 1. The second kappa shape index (κ2) is 9.34.